The molecule has 56 valence electrons. The van der Waals surface area contributed by atoms with E-state index in [1.54, 1.807) is 24.0 Å². The van der Waals surface area contributed by atoms with Gasteiger partial charge in [0.1, 0.15) is 5.69 Å². The van der Waals surface area contributed by atoms with Crippen LogP contribution in [0, 0.1) is 12.1 Å². The van der Waals surface area contributed by atoms with E-state index in [4.69, 9.17) is 0 Å². The molecule has 0 saturated carbocycles. The monoisotopic (exact) mass is 163 g/mol. The quantitative estimate of drug-likeness (QED) is 0.664. The van der Waals surface area contributed by atoms with Crippen LogP contribution in [-0.4, -0.2) is 11.2 Å². The minimum atomic E-state index is 0.847. The third-order valence-electron chi connectivity index (χ3n) is 1.23. The second-order valence-electron chi connectivity index (χ2n) is 2.06. The standard InChI is InChI=1S/C9H9NS/c1-8(11-2)7-9-5-3-4-6-10-9/h4,6-7H,1-2H3/b8-7-. The van der Waals surface area contributed by atoms with Crippen LogP contribution in [0.1, 0.15) is 12.6 Å². The van der Waals surface area contributed by atoms with Crippen molar-refractivity contribution in [2.24, 2.45) is 0 Å². The molecule has 1 aromatic rings. The molecule has 11 heavy (non-hydrogen) atoms. The van der Waals surface area contributed by atoms with Gasteiger partial charge in [0.2, 0.25) is 0 Å². The summed E-state index contributed by atoms with van der Waals surface area (Å²) in [7, 11) is 0. The minimum Gasteiger partial charge on any atom is -0.247 e. The molecule has 0 bridgehead atoms. The fourth-order valence-corrected chi connectivity index (χ4v) is 0.857. The Hall–Kier alpha value is -0.940. The zero-order valence-electron chi connectivity index (χ0n) is 6.59. The van der Waals surface area contributed by atoms with Crippen molar-refractivity contribution < 1.29 is 0 Å². The Morgan fingerprint density at radius 1 is 1.73 bits per heavy atom. The molecule has 1 heterocycles. The molecule has 0 aromatic carbocycles. The number of rotatable bonds is 2. The largest absolute Gasteiger partial charge is 0.247 e. The molecule has 0 aliphatic rings. The lowest BCUT2D eigenvalue weighted by Gasteiger charge is -1.91. The van der Waals surface area contributed by atoms with Crippen molar-refractivity contribution in [3.8, 4) is 0 Å². The van der Waals surface area contributed by atoms with E-state index in [9.17, 15) is 0 Å². The summed E-state index contributed by atoms with van der Waals surface area (Å²) < 4.78 is 0. The van der Waals surface area contributed by atoms with Crippen LogP contribution in [0.2, 0.25) is 0 Å². The number of hydrogen-bond donors (Lipinski definition) is 0. The molecule has 0 aliphatic carbocycles. The fraction of sp³-hybridized carbons (Fsp3) is 0.222. The number of thioether (sulfide) groups is 1. The van der Waals surface area contributed by atoms with E-state index in [-0.39, 0.29) is 0 Å². The summed E-state index contributed by atoms with van der Waals surface area (Å²) in [6.07, 6.45) is 5.75. The lowest BCUT2D eigenvalue weighted by Crippen LogP contribution is -1.75. The summed E-state index contributed by atoms with van der Waals surface area (Å²) in [6.45, 7) is 2.05. The van der Waals surface area contributed by atoms with Crippen LogP contribution in [-0.2, 0) is 0 Å². The third-order valence-corrected chi connectivity index (χ3v) is 2.00. The van der Waals surface area contributed by atoms with Gasteiger partial charge in [0.15, 0.2) is 0 Å². The predicted molar refractivity (Wildman–Crippen MR) is 49.1 cm³/mol. The van der Waals surface area contributed by atoms with Gasteiger partial charge in [0.05, 0.1) is 0 Å². The minimum absolute atomic E-state index is 0.847. The van der Waals surface area contributed by atoms with Gasteiger partial charge in [-0.15, -0.1) is 11.8 Å². The van der Waals surface area contributed by atoms with Crippen LogP contribution in [0.5, 0.6) is 0 Å². The molecule has 1 nitrogen and oxygen atoms in total. The van der Waals surface area contributed by atoms with Gasteiger partial charge in [0.25, 0.3) is 0 Å². The number of aromatic nitrogens is 1. The Morgan fingerprint density at radius 2 is 2.55 bits per heavy atom. The van der Waals surface area contributed by atoms with Gasteiger partial charge in [-0.3, -0.25) is 0 Å². The molecule has 2 heteroatoms. The maximum atomic E-state index is 4.09. The van der Waals surface area contributed by atoms with E-state index in [2.05, 4.69) is 17.1 Å². The van der Waals surface area contributed by atoms with Crippen molar-refractivity contribution in [2.75, 3.05) is 6.26 Å². The van der Waals surface area contributed by atoms with Gasteiger partial charge in [-0.2, -0.15) is 0 Å². The summed E-state index contributed by atoms with van der Waals surface area (Å²) in [6, 6.07) is 7.50. The van der Waals surface area contributed by atoms with Crippen LogP contribution < -0.4 is 0 Å². The van der Waals surface area contributed by atoms with E-state index in [0.29, 0.717) is 0 Å². The Labute approximate surface area is 71.5 Å². The van der Waals surface area contributed by atoms with Crippen molar-refractivity contribution in [1.29, 1.82) is 0 Å². The molecule has 0 spiro atoms. The first-order valence-corrected chi connectivity index (χ1v) is 4.52. The average Bonchev–Trinajstić information content (AvgIpc) is 2.06. The van der Waals surface area contributed by atoms with Crippen LogP contribution in [0.15, 0.2) is 17.2 Å². The predicted octanol–water partition coefficient (Wildman–Crippen LogP) is 2.41. The Balaban J connectivity index is 2.79. The van der Waals surface area contributed by atoms with E-state index in [0.717, 1.165) is 5.69 Å². The highest BCUT2D eigenvalue weighted by Gasteiger charge is 1.86. The average molecular weight is 163 g/mol. The van der Waals surface area contributed by atoms with Gasteiger partial charge in [-0.25, -0.2) is 4.98 Å². The molecule has 0 unspecified atom stereocenters. The summed E-state index contributed by atoms with van der Waals surface area (Å²) in [5.74, 6) is 0. The molecule has 0 saturated heterocycles. The van der Waals surface area contributed by atoms with E-state index in [1.807, 2.05) is 19.3 Å². The molecule has 0 atom stereocenters. The summed E-state index contributed by atoms with van der Waals surface area (Å²) in [4.78, 5) is 5.32. The van der Waals surface area contributed by atoms with Crippen molar-refractivity contribution in [1.82, 2.24) is 4.98 Å². The Morgan fingerprint density at radius 3 is 3.09 bits per heavy atom. The molecular formula is C9H9NS. The van der Waals surface area contributed by atoms with Crippen LogP contribution in [0.4, 0.5) is 0 Å². The maximum absolute atomic E-state index is 4.09. The van der Waals surface area contributed by atoms with Crippen LogP contribution >= 0.6 is 11.8 Å². The highest BCUT2D eigenvalue weighted by atomic mass is 32.2. The molecule has 1 rings (SSSR count). The third kappa shape index (κ3) is 2.65. The Bertz CT molecular complexity index is 241. The second-order valence-corrected chi connectivity index (χ2v) is 3.11. The zero-order valence-corrected chi connectivity index (χ0v) is 7.40. The molecule has 0 N–H and O–H groups in total. The molecule has 0 amide bonds. The first kappa shape index (κ1) is 8.16. The summed E-state index contributed by atoms with van der Waals surface area (Å²) >= 11 is 1.71. The first-order valence-electron chi connectivity index (χ1n) is 3.29. The normalized spacial score (nSPS) is 10.9. The van der Waals surface area contributed by atoms with Gasteiger partial charge in [0, 0.05) is 12.3 Å². The van der Waals surface area contributed by atoms with Crippen molar-refractivity contribution in [3.63, 3.8) is 0 Å². The topological polar surface area (TPSA) is 12.9 Å². The SMILES string of the molecule is CS/C(C)=C\c1c#cccn1. The Kier molecular flexibility index (Phi) is 3.00. The molecule has 0 aliphatic heterocycles. The lowest BCUT2D eigenvalue weighted by molar-refractivity contribution is 1.30. The summed E-state index contributed by atoms with van der Waals surface area (Å²) in [5, 5.41) is 0. The van der Waals surface area contributed by atoms with E-state index in [1.165, 1.54) is 4.91 Å². The highest BCUT2D eigenvalue weighted by Crippen LogP contribution is 2.12. The molecule has 1 aromatic heterocycles. The first-order chi connectivity index (χ1) is 5.33. The number of nitrogens with zero attached hydrogens (tertiary/aromatic N) is 1. The van der Waals surface area contributed by atoms with Crippen molar-refractivity contribution in [3.05, 3.63) is 35.0 Å². The van der Waals surface area contributed by atoms with E-state index >= 15 is 0 Å². The van der Waals surface area contributed by atoms with Gasteiger partial charge in [-0.1, -0.05) is 6.07 Å². The number of hydrogen-bond acceptors (Lipinski definition) is 2. The van der Waals surface area contributed by atoms with E-state index < -0.39 is 0 Å². The summed E-state index contributed by atoms with van der Waals surface area (Å²) in [5.41, 5.74) is 0.847. The zero-order chi connectivity index (χ0) is 8.10. The molecule has 0 radical (unpaired) electrons. The van der Waals surface area contributed by atoms with Crippen LogP contribution in [0.25, 0.3) is 6.08 Å². The van der Waals surface area contributed by atoms with Crippen LogP contribution in [0.3, 0.4) is 0 Å². The van der Waals surface area contributed by atoms with Gasteiger partial charge >= 0.3 is 0 Å². The lowest BCUT2D eigenvalue weighted by atomic mass is 10.4. The van der Waals surface area contributed by atoms with Crippen molar-refractivity contribution >= 4 is 17.8 Å². The second kappa shape index (κ2) is 4.05. The maximum Gasteiger partial charge on any atom is 0.114 e. The van der Waals surface area contributed by atoms with Gasteiger partial charge in [-0.05, 0) is 30.2 Å². The van der Waals surface area contributed by atoms with Crippen molar-refractivity contribution in [2.45, 2.75) is 6.92 Å². The smallest absolute Gasteiger partial charge is 0.114 e. The fourth-order valence-electron chi connectivity index (χ4n) is 0.628. The molecule has 0 fully saturated rings. The molecular weight excluding hydrogens is 154 g/mol. The number of allylic oxidation sites excluding steroid dienone is 1. The highest BCUT2D eigenvalue weighted by molar-refractivity contribution is 8.02. The van der Waals surface area contributed by atoms with Gasteiger partial charge < -0.3 is 0 Å².